The number of halogens is 1. The molecule has 0 N–H and O–H groups in total. The Bertz CT molecular complexity index is 789. The standard InChI is InChI=1S/C18H17BrO6/c1-3-6-22-17-13(19)7-11(8-16(17)21-2)18(20)25-12-4-5-14-15(9-12)24-10-23-14/h4-5,7-9H,3,6,10H2,1-2H3. The molecule has 0 unspecified atom stereocenters. The summed E-state index contributed by atoms with van der Waals surface area (Å²) in [5.41, 5.74) is 0.338. The predicted molar refractivity (Wildman–Crippen MR) is 94.0 cm³/mol. The van der Waals surface area contributed by atoms with Crippen LogP contribution in [-0.4, -0.2) is 26.5 Å². The summed E-state index contributed by atoms with van der Waals surface area (Å²) < 4.78 is 27.5. The Balaban J connectivity index is 1.81. The van der Waals surface area contributed by atoms with Gasteiger partial charge in [0.15, 0.2) is 23.0 Å². The van der Waals surface area contributed by atoms with Gasteiger partial charge in [0.2, 0.25) is 6.79 Å². The molecule has 1 aliphatic rings. The summed E-state index contributed by atoms with van der Waals surface area (Å²) in [7, 11) is 1.52. The molecule has 0 saturated carbocycles. The molecule has 0 amide bonds. The smallest absolute Gasteiger partial charge is 0.343 e. The molecular weight excluding hydrogens is 392 g/mol. The fraction of sp³-hybridized carbons (Fsp3) is 0.278. The fourth-order valence-electron chi connectivity index (χ4n) is 2.29. The molecule has 132 valence electrons. The van der Waals surface area contributed by atoms with Crippen molar-refractivity contribution in [2.45, 2.75) is 13.3 Å². The molecule has 0 radical (unpaired) electrons. The molecule has 0 atom stereocenters. The van der Waals surface area contributed by atoms with Crippen LogP contribution in [0.4, 0.5) is 0 Å². The van der Waals surface area contributed by atoms with Crippen LogP contribution in [0.1, 0.15) is 23.7 Å². The minimum atomic E-state index is -0.514. The summed E-state index contributed by atoms with van der Waals surface area (Å²) in [6.45, 7) is 2.73. The first-order valence-electron chi connectivity index (χ1n) is 7.74. The number of fused-ring (bicyclic) bond motifs is 1. The van der Waals surface area contributed by atoms with Gasteiger partial charge in [-0.15, -0.1) is 0 Å². The van der Waals surface area contributed by atoms with E-state index in [0.29, 0.717) is 45.4 Å². The van der Waals surface area contributed by atoms with Crippen molar-refractivity contribution in [1.29, 1.82) is 0 Å². The average molecular weight is 409 g/mol. The number of methoxy groups -OCH3 is 1. The van der Waals surface area contributed by atoms with Crippen LogP contribution in [0.5, 0.6) is 28.7 Å². The van der Waals surface area contributed by atoms with Crippen LogP contribution in [0.2, 0.25) is 0 Å². The number of benzene rings is 2. The lowest BCUT2D eigenvalue weighted by Gasteiger charge is -2.13. The molecule has 0 spiro atoms. The second-order valence-electron chi connectivity index (χ2n) is 5.24. The molecule has 0 aromatic heterocycles. The number of esters is 1. The van der Waals surface area contributed by atoms with Crippen LogP contribution in [0.15, 0.2) is 34.8 Å². The second-order valence-corrected chi connectivity index (χ2v) is 6.10. The van der Waals surface area contributed by atoms with E-state index in [-0.39, 0.29) is 6.79 Å². The van der Waals surface area contributed by atoms with Gasteiger partial charge < -0.3 is 23.7 Å². The fourth-order valence-corrected chi connectivity index (χ4v) is 2.84. The van der Waals surface area contributed by atoms with E-state index in [4.69, 9.17) is 23.7 Å². The van der Waals surface area contributed by atoms with Crippen molar-refractivity contribution in [2.75, 3.05) is 20.5 Å². The molecule has 0 fully saturated rings. The minimum Gasteiger partial charge on any atom is -0.493 e. The number of hydrogen-bond acceptors (Lipinski definition) is 6. The Hall–Kier alpha value is -2.41. The molecule has 6 nitrogen and oxygen atoms in total. The molecule has 2 aromatic carbocycles. The Morgan fingerprint density at radius 3 is 2.76 bits per heavy atom. The number of carbonyl (C=O) groups excluding carboxylic acids is 1. The van der Waals surface area contributed by atoms with Crippen LogP contribution >= 0.6 is 15.9 Å². The Morgan fingerprint density at radius 1 is 1.20 bits per heavy atom. The van der Waals surface area contributed by atoms with Crippen LogP contribution in [0, 0.1) is 0 Å². The van der Waals surface area contributed by atoms with E-state index in [1.54, 1.807) is 30.3 Å². The molecule has 1 heterocycles. The number of ether oxygens (including phenoxy) is 5. The Morgan fingerprint density at radius 2 is 2.00 bits per heavy atom. The van der Waals surface area contributed by atoms with Gasteiger partial charge in [0, 0.05) is 6.07 Å². The number of carbonyl (C=O) groups is 1. The van der Waals surface area contributed by atoms with Crippen molar-refractivity contribution >= 4 is 21.9 Å². The first kappa shape index (κ1) is 17.4. The van der Waals surface area contributed by atoms with E-state index in [0.717, 1.165) is 6.42 Å². The highest BCUT2D eigenvalue weighted by Crippen LogP contribution is 2.38. The third-order valence-corrected chi connectivity index (χ3v) is 4.06. The number of rotatable bonds is 6. The van der Waals surface area contributed by atoms with Crippen molar-refractivity contribution in [3.8, 4) is 28.7 Å². The van der Waals surface area contributed by atoms with Crippen molar-refractivity contribution < 1.29 is 28.5 Å². The molecule has 1 aliphatic heterocycles. The second kappa shape index (κ2) is 7.65. The molecule has 7 heteroatoms. The summed E-state index contributed by atoms with van der Waals surface area (Å²) in [4.78, 5) is 12.4. The van der Waals surface area contributed by atoms with Crippen LogP contribution in [0.25, 0.3) is 0 Å². The summed E-state index contributed by atoms with van der Waals surface area (Å²) in [5.74, 6) is 2.05. The van der Waals surface area contributed by atoms with E-state index in [2.05, 4.69) is 15.9 Å². The van der Waals surface area contributed by atoms with E-state index in [9.17, 15) is 4.79 Å². The summed E-state index contributed by atoms with van der Waals surface area (Å²) >= 11 is 3.41. The zero-order valence-corrected chi connectivity index (χ0v) is 15.4. The van der Waals surface area contributed by atoms with Crippen LogP contribution in [0.3, 0.4) is 0 Å². The van der Waals surface area contributed by atoms with E-state index in [1.807, 2.05) is 6.92 Å². The van der Waals surface area contributed by atoms with Gasteiger partial charge in [-0.05, 0) is 46.6 Å². The van der Waals surface area contributed by atoms with E-state index >= 15 is 0 Å². The molecule has 0 bridgehead atoms. The first-order valence-corrected chi connectivity index (χ1v) is 8.53. The largest absolute Gasteiger partial charge is 0.493 e. The summed E-state index contributed by atoms with van der Waals surface area (Å²) in [6, 6.07) is 8.19. The molecule has 25 heavy (non-hydrogen) atoms. The maximum atomic E-state index is 12.4. The zero-order valence-electron chi connectivity index (χ0n) is 13.8. The summed E-state index contributed by atoms with van der Waals surface area (Å²) in [6.07, 6.45) is 0.865. The average Bonchev–Trinajstić information content (AvgIpc) is 3.07. The van der Waals surface area contributed by atoms with Crippen molar-refractivity contribution in [1.82, 2.24) is 0 Å². The SMILES string of the molecule is CCCOc1c(Br)cc(C(=O)Oc2ccc3c(c2)OCO3)cc1OC. The van der Waals surface area contributed by atoms with Crippen molar-refractivity contribution in [3.05, 3.63) is 40.4 Å². The number of hydrogen-bond donors (Lipinski definition) is 0. The Kier molecular flexibility index (Phi) is 5.33. The van der Waals surface area contributed by atoms with Crippen LogP contribution in [-0.2, 0) is 0 Å². The van der Waals surface area contributed by atoms with Gasteiger partial charge in [-0.1, -0.05) is 6.92 Å². The highest BCUT2D eigenvalue weighted by Gasteiger charge is 2.19. The van der Waals surface area contributed by atoms with Gasteiger partial charge in [0.25, 0.3) is 0 Å². The lowest BCUT2D eigenvalue weighted by atomic mass is 10.2. The van der Waals surface area contributed by atoms with E-state index in [1.165, 1.54) is 7.11 Å². The Labute approximate surface area is 153 Å². The van der Waals surface area contributed by atoms with E-state index < -0.39 is 5.97 Å². The first-order chi connectivity index (χ1) is 12.1. The topological polar surface area (TPSA) is 63.2 Å². The zero-order chi connectivity index (χ0) is 17.8. The van der Waals surface area contributed by atoms with Gasteiger partial charge in [0.05, 0.1) is 23.8 Å². The maximum Gasteiger partial charge on any atom is 0.343 e. The normalized spacial score (nSPS) is 12.0. The van der Waals surface area contributed by atoms with Gasteiger partial charge in [-0.25, -0.2) is 4.79 Å². The van der Waals surface area contributed by atoms with Gasteiger partial charge in [0.1, 0.15) is 5.75 Å². The lowest BCUT2D eigenvalue weighted by molar-refractivity contribution is 0.0734. The maximum absolute atomic E-state index is 12.4. The quantitative estimate of drug-likeness (QED) is 0.527. The van der Waals surface area contributed by atoms with Gasteiger partial charge in [-0.2, -0.15) is 0 Å². The van der Waals surface area contributed by atoms with Gasteiger partial charge >= 0.3 is 5.97 Å². The van der Waals surface area contributed by atoms with Crippen molar-refractivity contribution in [3.63, 3.8) is 0 Å². The van der Waals surface area contributed by atoms with Crippen LogP contribution < -0.4 is 23.7 Å². The molecule has 3 rings (SSSR count). The molecular formula is C18H17BrO6. The predicted octanol–water partition coefficient (Wildman–Crippen LogP) is 4.19. The minimum absolute atomic E-state index is 0.163. The summed E-state index contributed by atoms with van der Waals surface area (Å²) in [5, 5.41) is 0. The highest BCUT2D eigenvalue weighted by molar-refractivity contribution is 9.10. The third kappa shape index (κ3) is 3.82. The molecule has 0 saturated heterocycles. The molecule has 2 aromatic rings. The molecule has 0 aliphatic carbocycles. The monoisotopic (exact) mass is 408 g/mol. The van der Waals surface area contributed by atoms with Crippen molar-refractivity contribution in [2.24, 2.45) is 0 Å². The third-order valence-electron chi connectivity index (χ3n) is 3.47. The highest BCUT2D eigenvalue weighted by atomic mass is 79.9. The lowest BCUT2D eigenvalue weighted by Crippen LogP contribution is -2.09. The van der Waals surface area contributed by atoms with Gasteiger partial charge in [-0.3, -0.25) is 0 Å².